The number of nitrogens with zero attached hydrogens (tertiary/aromatic N) is 1. The number of nitrogens with one attached hydrogen (secondary N) is 2. The molecule has 0 amide bonds. The van der Waals surface area contributed by atoms with Crippen molar-refractivity contribution < 1.29 is 13.7 Å². The molecule has 0 bridgehead atoms. The fraction of sp³-hybridized carbons (Fsp3) is 0.238. The second kappa shape index (κ2) is 6.32. The smallest absolute Gasteiger partial charge is 0.294 e. The molecule has 27 heavy (non-hydrogen) atoms. The maximum absolute atomic E-state index is 14.1. The van der Waals surface area contributed by atoms with Gasteiger partial charge in [-0.3, -0.25) is 4.79 Å². The van der Waals surface area contributed by atoms with Crippen LogP contribution in [0.15, 0.2) is 57.7 Å². The quantitative estimate of drug-likeness (QED) is 0.572. The summed E-state index contributed by atoms with van der Waals surface area (Å²) in [7, 11) is 0. The number of fused-ring (bicyclic) bond motifs is 3. The molecule has 0 saturated heterocycles. The molecule has 1 aliphatic carbocycles. The summed E-state index contributed by atoms with van der Waals surface area (Å²) in [4.78, 5) is 21.2. The number of H-pyrrole nitrogens is 1. The topological polar surface area (TPSA) is 63.3 Å². The van der Waals surface area contributed by atoms with Crippen molar-refractivity contribution in [2.75, 3.05) is 0 Å². The molecule has 1 fully saturated rings. The average molecular weight is 364 g/mol. The standard InChI is InChI=1S/C21H18FN3O2/c22-16-7-3-1-5-13(16)11-25(14-9-10-14)12-18-23-19-15-6-2-4-8-17(15)27-20(19)21(26)24-18/h1-8,14H,9-12H2,(H,23,24,26)/p+1. The second-order valence-electron chi connectivity index (χ2n) is 7.17. The maximum Gasteiger partial charge on any atom is 0.294 e. The average Bonchev–Trinajstić information content (AvgIpc) is 3.45. The normalized spacial score (nSPS) is 15.4. The molecule has 1 saturated carbocycles. The number of halogens is 1. The monoisotopic (exact) mass is 364 g/mol. The molecule has 136 valence electrons. The predicted octanol–water partition coefficient (Wildman–Crippen LogP) is 2.56. The van der Waals surface area contributed by atoms with E-state index in [0.29, 0.717) is 41.6 Å². The van der Waals surface area contributed by atoms with Crippen molar-refractivity contribution in [1.29, 1.82) is 0 Å². The van der Waals surface area contributed by atoms with Crippen molar-refractivity contribution in [3.63, 3.8) is 0 Å². The molecule has 2 aromatic heterocycles. The van der Waals surface area contributed by atoms with Gasteiger partial charge in [0.15, 0.2) is 5.82 Å². The lowest BCUT2D eigenvalue weighted by atomic mass is 10.2. The van der Waals surface area contributed by atoms with Gasteiger partial charge in [0, 0.05) is 23.8 Å². The van der Waals surface area contributed by atoms with Gasteiger partial charge in [-0.25, -0.2) is 9.37 Å². The van der Waals surface area contributed by atoms with Crippen molar-refractivity contribution >= 4 is 22.1 Å². The fourth-order valence-corrected chi connectivity index (χ4v) is 3.68. The van der Waals surface area contributed by atoms with Crippen molar-refractivity contribution in [2.24, 2.45) is 0 Å². The Balaban J connectivity index is 1.51. The van der Waals surface area contributed by atoms with E-state index in [1.807, 2.05) is 36.4 Å². The van der Waals surface area contributed by atoms with E-state index in [2.05, 4.69) is 9.97 Å². The number of quaternary nitrogens is 1. The van der Waals surface area contributed by atoms with E-state index >= 15 is 0 Å². The Hall–Kier alpha value is -2.99. The van der Waals surface area contributed by atoms with Crippen molar-refractivity contribution in [3.05, 3.63) is 76.1 Å². The van der Waals surface area contributed by atoms with Crippen LogP contribution in [0.3, 0.4) is 0 Å². The lowest BCUT2D eigenvalue weighted by Gasteiger charge is -2.19. The van der Waals surface area contributed by atoms with E-state index in [0.717, 1.165) is 18.2 Å². The van der Waals surface area contributed by atoms with Crippen LogP contribution in [0.1, 0.15) is 24.2 Å². The summed E-state index contributed by atoms with van der Waals surface area (Å²) >= 11 is 0. The lowest BCUT2D eigenvalue weighted by Crippen LogP contribution is -3.10. The highest BCUT2D eigenvalue weighted by molar-refractivity contribution is 6.01. The van der Waals surface area contributed by atoms with Gasteiger partial charge in [-0.2, -0.15) is 0 Å². The Labute approximate surface area is 154 Å². The molecule has 2 N–H and O–H groups in total. The van der Waals surface area contributed by atoms with Crippen LogP contribution >= 0.6 is 0 Å². The molecule has 1 unspecified atom stereocenters. The van der Waals surface area contributed by atoms with E-state index in [4.69, 9.17) is 4.42 Å². The zero-order valence-corrected chi connectivity index (χ0v) is 14.7. The SMILES string of the molecule is O=c1[nH]c(C[NH+](Cc2ccccc2F)C2CC2)nc2c1oc1ccccc12. The number of benzene rings is 2. The van der Waals surface area contributed by atoms with Gasteiger partial charge >= 0.3 is 0 Å². The number of aromatic nitrogens is 2. The molecule has 2 heterocycles. The van der Waals surface area contributed by atoms with Gasteiger partial charge in [0.2, 0.25) is 5.58 Å². The predicted molar refractivity (Wildman–Crippen MR) is 99.9 cm³/mol. The Morgan fingerprint density at radius 3 is 2.70 bits per heavy atom. The summed E-state index contributed by atoms with van der Waals surface area (Å²) in [5.41, 5.74) is 1.91. The van der Waals surface area contributed by atoms with Crippen molar-refractivity contribution in [2.45, 2.75) is 32.0 Å². The molecule has 0 spiro atoms. The number of para-hydroxylation sites is 1. The van der Waals surface area contributed by atoms with Gasteiger partial charge in [0.25, 0.3) is 5.56 Å². The molecular weight excluding hydrogens is 345 g/mol. The van der Waals surface area contributed by atoms with Crippen LogP contribution in [0.2, 0.25) is 0 Å². The molecular formula is C21H19FN3O2+. The number of rotatable bonds is 5. The Morgan fingerprint density at radius 2 is 1.89 bits per heavy atom. The highest BCUT2D eigenvalue weighted by atomic mass is 19.1. The van der Waals surface area contributed by atoms with Crippen LogP contribution in [-0.4, -0.2) is 16.0 Å². The van der Waals surface area contributed by atoms with Crippen LogP contribution in [0.4, 0.5) is 4.39 Å². The third-order valence-electron chi connectivity index (χ3n) is 5.20. The van der Waals surface area contributed by atoms with Crippen LogP contribution < -0.4 is 10.5 Å². The summed E-state index contributed by atoms with van der Waals surface area (Å²) in [6.07, 6.45) is 2.23. The molecule has 5 nitrogen and oxygen atoms in total. The van der Waals surface area contributed by atoms with Crippen LogP contribution in [0.5, 0.6) is 0 Å². The lowest BCUT2D eigenvalue weighted by molar-refractivity contribution is -0.939. The first kappa shape index (κ1) is 16.2. The second-order valence-corrected chi connectivity index (χ2v) is 7.17. The summed E-state index contributed by atoms with van der Waals surface area (Å²) in [5, 5.41) is 0.835. The minimum Gasteiger partial charge on any atom is -0.449 e. The zero-order valence-electron chi connectivity index (χ0n) is 14.7. The first-order chi connectivity index (χ1) is 13.2. The molecule has 1 atom stereocenters. The van der Waals surface area contributed by atoms with Gasteiger partial charge in [0.05, 0.1) is 6.04 Å². The minimum atomic E-state index is -0.271. The number of hydrogen-bond donors (Lipinski definition) is 2. The molecule has 1 aliphatic rings. The van der Waals surface area contributed by atoms with Gasteiger partial charge in [-0.1, -0.05) is 30.3 Å². The number of aromatic amines is 1. The molecule has 0 aliphatic heterocycles. The Kier molecular flexibility index (Phi) is 3.79. The van der Waals surface area contributed by atoms with Crippen molar-refractivity contribution in [3.8, 4) is 0 Å². The highest BCUT2D eigenvalue weighted by Crippen LogP contribution is 2.24. The highest BCUT2D eigenvalue weighted by Gasteiger charge is 2.34. The van der Waals surface area contributed by atoms with Crippen LogP contribution in [0.25, 0.3) is 22.1 Å². The van der Waals surface area contributed by atoms with E-state index in [1.54, 1.807) is 6.07 Å². The number of furan rings is 1. The zero-order chi connectivity index (χ0) is 18.4. The molecule has 2 aromatic carbocycles. The number of hydrogen-bond acceptors (Lipinski definition) is 3. The van der Waals surface area contributed by atoms with Gasteiger partial charge in [-0.05, 0) is 18.2 Å². The van der Waals surface area contributed by atoms with E-state index < -0.39 is 0 Å². The summed E-state index contributed by atoms with van der Waals surface area (Å²) in [6.45, 7) is 1.12. The summed E-state index contributed by atoms with van der Waals surface area (Å²) in [6, 6.07) is 14.8. The Bertz CT molecular complexity index is 1190. The van der Waals surface area contributed by atoms with E-state index in [9.17, 15) is 9.18 Å². The third kappa shape index (κ3) is 3.02. The van der Waals surface area contributed by atoms with E-state index in [-0.39, 0.29) is 17.0 Å². The fourth-order valence-electron chi connectivity index (χ4n) is 3.68. The molecule has 4 aromatic rings. The molecule has 0 radical (unpaired) electrons. The summed E-state index contributed by atoms with van der Waals surface area (Å²) < 4.78 is 19.7. The minimum absolute atomic E-state index is 0.187. The first-order valence-electron chi connectivity index (χ1n) is 9.17. The molecule has 6 heteroatoms. The van der Waals surface area contributed by atoms with Crippen LogP contribution in [-0.2, 0) is 13.1 Å². The van der Waals surface area contributed by atoms with Crippen molar-refractivity contribution in [1.82, 2.24) is 9.97 Å². The largest absolute Gasteiger partial charge is 0.449 e. The first-order valence-corrected chi connectivity index (χ1v) is 9.17. The maximum atomic E-state index is 14.1. The van der Waals surface area contributed by atoms with Gasteiger partial charge in [0.1, 0.15) is 30.0 Å². The van der Waals surface area contributed by atoms with Crippen LogP contribution in [0, 0.1) is 5.82 Å². The molecule has 5 rings (SSSR count). The summed E-state index contributed by atoms with van der Waals surface area (Å²) in [5.74, 6) is 0.422. The van der Waals surface area contributed by atoms with Gasteiger partial charge < -0.3 is 14.3 Å². The Morgan fingerprint density at radius 1 is 1.11 bits per heavy atom. The van der Waals surface area contributed by atoms with E-state index in [1.165, 1.54) is 11.0 Å². The third-order valence-corrected chi connectivity index (χ3v) is 5.20. The van der Waals surface area contributed by atoms with Gasteiger partial charge in [-0.15, -0.1) is 0 Å².